The summed E-state index contributed by atoms with van der Waals surface area (Å²) in [7, 11) is 0. The normalized spacial score (nSPS) is 12.5. The molecular formula is C22H18F3N7. The zero-order chi connectivity index (χ0) is 22.6. The van der Waals surface area contributed by atoms with Gasteiger partial charge in [-0.05, 0) is 48.5 Å². The van der Waals surface area contributed by atoms with E-state index in [9.17, 15) is 13.2 Å². The molecule has 4 rings (SSSR count). The molecule has 32 heavy (non-hydrogen) atoms. The molecule has 0 aliphatic carbocycles. The van der Waals surface area contributed by atoms with Crippen LogP contribution in [0.4, 0.5) is 24.5 Å². The Hall–Kier alpha value is -4.21. The van der Waals surface area contributed by atoms with Crippen LogP contribution in [0.2, 0.25) is 0 Å². The predicted octanol–water partition coefficient (Wildman–Crippen LogP) is 4.57. The van der Waals surface area contributed by atoms with E-state index in [4.69, 9.17) is 5.84 Å². The number of hydrazone groups is 1. The molecule has 0 spiro atoms. The summed E-state index contributed by atoms with van der Waals surface area (Å²) in [6.07, 6.45) is -0.208. The van der Waals surface area contributed by atoms with Crippen LogP contribution in [-0.2, 0) is 6.18 Å². The van der Waals surface area contributed by atoms with E-state index in [0.29, 0.717) is 11.4 Å². The molecule has 0 atom stereocenters. The van der Waals surface area contributed by atoms with E-state index in [1.807, 2.05) is 53.1 Å². The molecule has 0 fully saturated rings. The largest absolute Gasteiger partial charge is 0.433 e. The Bertz CT molecular complexity index is 1270. The molecule has 10 heteroatoms. The first-order valence-electron chi connectivity index (χ1n) is 9.54. The summed E-state index contributed by atoms with van der Waals surface area (Å²) in [5.41, 5.74) is 3.14. The number of benzene rings is 2. The lowest BCUT2D eigenvalue weighted by Gasteiger charge is -2.09. The minimum atomic E-state index is -4.51. The number of anilines is 1. The highest BCUT2D eigenvalue weighted by atomic mass is 19.4. The van der Waals surface area contributed by atoms with Crippen LogP contribution in [0.5, 0.6) is 0 Å². The quantitative estimate of drug-likeness (QED) is 0.263. The number of hydrogen-bond acceptors (Lipinski definition) is 6. The zero-order valence-electron chi connectivity index (χ0n) is 16.7. The molecule has 7 nitrogen and oxygen atoms in total. The topological polar surface area (TPSA) is 93.5 Å². The van der Waals surface area contributed by atoms with Gasteiger partial charge < -0.3 is 11.2 Å². The van der Waals surface area contributed by atoms with E-state index in [0.717, 1.165) is 29.0 Å². The van der Waals surface area contributed by atoms with Crippen LogP contribution in [-0.4, -0.2) is 33.0 Å². The highest BCUT2D eigenvalue weighted by molar-refractivity contribution is 6.32. The van der Waals surface area contributed by atoms with Crippen LogP contribution in [0.25, 0.3) is 16.7 Å². The van der Waals surface area contributed by atoms with Crippen molar-refractivity contribution < 1.29 is 13.2 Å². The Kier molecular flexibility index (Phi) is 5.84. The number of nitrogens with two attached hydrogens (primary N) is 1. The van der Waals surface area contributed by atoms with Gasteiger partial charge in [-0.2, -0.15) is 18.3 Å². The molecule has 0 aliphatic heterocycles. The molecule has 3 N–H and O–H groups in total. The monoisotopic (exact) mass is 437 g/mol. The van der Waals surface area contributed by atoms with Gasteiger partial charge in [-0.15, -0.1) is 0 Å². The molecule has 0 unspecified atom stereocenters. The maximum absolute atomic E-state index is 12.8. The SMILES string of the molecule is NN=C(C=Nc1ccc(-n2cnc3ccccc32)cc1)CNc1ccnc(C(F)(F)F)c1. The zero-order valence-corrected chi connectivity index (χ0v) is 16.7. The molecule has 0 bridgehead atoms. The smallest absolute Gasteiger partial charge is 0.379 e. The van der Waals surface area contributed by atoms with E-state index in [1.165, 1.54) is 12.3 Å². The molecule has 162 valence electrons. The molecule has 2 aromatic carbocycles. The van der Waals surface area contributed by atoms with Crippen LogP contribution < -0.4 is 11.2 Å². The third-order valence-electron chi connectivity index (χ3n) is 4.63. The molecule has 0 amide bonds. The number of nitrogens with zero attached hydrogens (tertiary/aromatic N) is 5. The summed E-state index contributed by atoms with van der Waals surface area (Å²) < 4.78 is 40.3. The maximum atomic E-state index is 12.8. The van der Waals surface area contributed by atoms with Crippen molar-refractivity contribution in [2.75, 3.05) is 11.9 Å². The number of nitrogens with one attached hydrogen (secondary N) is 1. The number of halogens is 3. The van der Waals surface area contributed by atoms with Gasteiger partial charge in [0.25, 0.3) is 0 Å². The van der Waals surface area contributed by atoms with Crippen molar-refractivity contribution in [3.63, 3.8) is 0 Å². The lowest BCUT2D eigenvalue weighted by Crippen LogP contribution is -2.17. The number of hydrogen-bond donors (Lipinski definition) is 2. The lowest BCUT2D eigenvalue weighted by atomic mass is 10.2. The molecule has 0 saturated heterocycles. The Morgan fingerprint density at radius 3 is 2.59 bits per heavy atom. The third-order valence-corrected chi connectivity index (χ3v) is 4.63. The second-order valence-corrected chi connectivity index (χ2v) is 6.78. The first kappa shape index (κ1) is 21.0. The summed E-state index contributed by atoms with van der Waals surface area (Å²) in [6, 6.07) is 17.7. The van der Waals surface area contributed by atoms with Crippen molar-refractivity contribution in [3.05, 3.63) is 78.9 Å². The van der Waals surface area contributed by atoms with Crippen molar-refractivity contribution in [3.8, 4) is 5.69 Å². The van der Waals surface area contributed by atoms with E-state index in [2.05, 4.69) is 25.4 Å². The van der Waals surface area contributed by atoms with Gasteiger partial charge >= 0.3 is 6.18 Å². The van der Waals surface area contributed by atoms with E-state index in [-0.39, 0.29) is 12.2 Å². The summed E-state index contributed by atoms with van der Waals surface area (Å²) in [4.78, 5) is 12.0. The number of alkyl halides is 3. The second-order valence-electron chi connectivity index (χ2n) is 6.78. The molecule has 0 aliphatic rings. The standard InChI is InChI=1S/C22H18F3N7/c23-22(24,25)21-11-16(9-10-27-21)29-13-17(31-26)12-28-15-5-7-18(8-6-15)32-14-30-19-3-1-2-4-20(19)32/h1-12,14H,13,26H2,(H,27,29). The highest BCUT2D eigenvalue weighted by Crippen LogP contribution is 2.28. The van der Waals surface area contributed by atoms with Crippen LogP contribution in [0.3, 0.4) is 0 Å². The average Bonchev–Trinajstić information content (AvgIpc) is 3.23. The fourth-order valence-electron chi connectivity index (χ4n) is 3.03. The summed E-state index contributed by atoms with van der Waals surface area (Å²) in [6.45, 7) is 0.0976. The maximum Gasteiger partial charge on any atom is 0.433 e. The number of aliphatic imine (C=N–C) groups is 1. The predicted molar refractivity (Wildman–Crippen MR) is 119 cm³/mol. The Balaban J connectivity index is 1.42. The number of rotatable bonds is 6. The van der Waals surface area contributed by atoms with Gasteiger partial charge in [0.05, 0.1) is 35.2 Å². The van der Waals surface area contributed by atoms with Crippen LogP contribution in [0, 0.1) is 0 Å². The minimum Gasteiger partial charge on any atom is -0.379 e. The number of aromatic nitrogens is 3. The van der Waals surface area contributed by atoms with Crippen LogP contribution in [0.15, 0.2) is 83.3 Å². The fraction of sp³-hybridized carbons (Fsp3) is 0.0909. The van der Waals surface area contributed by atoms with E-state index in [1.54, 1.807) is 6.33 Å². The molecule has 0 radical (unpaired) electrons. The van der Waals surface area contributed by atoms with E-state index < -0.39 is 11.9 Å². The van der Waals surface area contributed by atoms with Crippen molar-refractivity contribution >= 4 is 34.3 Å². The third kappa shape index (κ3) is 4.75. The van der Waals surface area contributed by atoms with Crippen molar-refractivity contribution in [1.82, 2.24) is 14.5 Å². The number of para-hydroxylation sites is 2. The van der Waals surface area contributed by atoms with Gasteiger partial charge in [-0.1, -0.05) is 12.1 Å². The van der Waals surface area contributed by atoms with Crippen molar-refractivity contribution in [2.24, 2.45) is 15.9 Å². The molecule has 2 aromatic heterocycles. The first-order chi connectivity index (χ1) is 15.4. The highest BCUT2D eigenvalue weighted by Gasteiger charge is 2.32. The van der Waals surface area contributed by atoms with Gasteiger partial charge in [0.2, 0.25) is 0 Å². The first-order valence-corrected chi connectivity index (χ1v) is 9.54. The molecule has 2 heterocycles. The van der Waals surface area contributed by atoms with Gasteiger partial charge in [-0.3, -0.25) is 14.5 Å². The van der Waals surface area contributed by atoms with Gasteiger partial charge in [0.15, 0.2) is 0 Å². The Labute approximate surface area is 181 Å². The summed E-state index contributed by atoms with van der Waals surface area (Å²) in [5, 5.41) is 6.47. The van der Waals surface area contributed by atoms with Crippen molar-refractivity contribution in [1.29, 1.82) is 0 Å². The Morgan fingerprint density at radius 2 is 1.84 bits per heavy atom. The van der Waals surface area contributed by atoms with Gasteiger partial charge in [-0.25, -0.2) is 4.98 Å². The fourth-order valence-corrected chi connectivity index (χ4v) is 3.03. The van der Waals surface area contributed by atoms with Crippen LogP contribution in [0.1, 0.15) is 5.69 Å². The lowest BCUT2D eigenvalue weighted by molar-refractivity contribution is -0.141. The Morgan fingerprint density at radius 1 is 1.06 bits per heavy atom. The molecule has 0 saturated carbocycles. The van der Waals surface area contributed by atoms with Gasteiger partial charge in [0.1, 0.15) is 12.0 Å². The number of fused-ring (bicyclic) bond motifs is 1. The average molecular weight is 437 g/mol. The number of imidazole rings is 1. The van der Waals surface area contributed by atoms with Crippen molar-refractivity contribution in [2.45, 2.75) is 6.18 Å². The second kappa shape index (κ2) is 8.88. The molecule has 4 aromatic rings. The minimum absolute atomic E-state index is 0.0976. The molecular weight excluding hydrogens is 419 g/mol. The number of pyridine rings is 1. The van der Waals surface area contributed by atoms with Crippen LogP contribution >= 0.6 is 0 Å². The summed E-state index contributed by atoms with van der Waals surface area (Å²) in [5.74, 6) is 5.40. The summed E-state index contributed by atoms with van der Waals surface area (Å²) >= 11 is 0. The van der Waals surface area contributed by atoms with Gasteiger partial charge in [0, 0.05) is 17.6 Å². The van der Waals surface area contributed by atoms with E-state index >= 15 is 0 Å².